The molecule has 3 aliphatic carbocycles. The van der Waals surface area contributed by atoms with Crippen LogP contribution in [0.4, 0.5) is 0 Å². The van der Waals surface area contributed by atoms with Crippen LogP contribution in [-0.2, 0) is 38.2 Å². The zero-order valence-electron chi connectivity index (χ0n) is 16.7. The van der Waals surface area contributed by atoms with Gasteiger partial charge in [-0.3, -0.25) is 24.0 Å². The van der Waals surface area contributed by atoms with E-state index in [1.807, 2.05) is 13.8 Å². The van der Waals surface area contributed by atoms with Gasteiger partial charge in [-0.25, -0.2) is 0 Å². The first kappa shape index (κ1) is 18.8. The summed E-state index contributed by atoms with van der Waals surface area (Å²) in [6, 6.07) is 0. The van der Waals surface area contributed by atoms with Crippen molar-refractivity contribution >= 4 is 29.5 Å². The fourth-order valence-electron chi connectivity index (χ4n) is 7.31. The molecule has 0 N–H and O–H groups in total. The third kappa shape index (κ3) is 1.93. The SMILES string of the molecule is CC(=O)O[C@@H]1[C@H]2CC[C@@H]3[C@]1(C(=O)O[C@H]1CCC(C)(C)[C@H]4C(=O)OC[C@@]143)C(=O)C2=O. The van der Waals surface area contributed by atoms with Gasteiger partial charge in [0, 0.05) is 6.92 Å². The van der Waals surface area contributed by atoms with Crippen molar-refractivity contribution in [2.45, 2.75) is 58.7 Å². The van der Waals surface area contributed by atoms with E-state index in [1.54, 1.807) is 0 Å². The molecule has 0 radical (unpaired) electrons. The molecular formula is C21H24O8. The number of rotatable bonds is 1. The van der Waals surface area contributed by atoms with E-state index in [-0.39, 0.29) is 12.6 Å². The molecular weight excluding hydrogens is 380 g/mol. The molecule has 8 nitrogen and oxygen atoms in total. The van der Waals surface area contributed by atoms with Gasteiger partial charge in [-0.05, 0) is 37.0 Å². The first-order chi connectivity index (χ1) is 13.6. The van der Waals surface area contributed by atoms with Crippen molar-refractivity contribution in [1.82, 2.24) is 0 Å². The van der Waals surface area contributed by atoms with Crippen LogP contribution < -0.4 is 0 Å². The second-order valence-electron chi connectivity index (χ2n) is 9.90. The van der Waals surface area contributed by atoms with Crippen LogP contribution in [0.2, 0.25) is 0 Å². The molecule has 2 saturated heterocycles. The van der Waals surface area contributed by atoms with E-state index in [0.29, 0.717) is 25.7 Å². The highest BCUT2D eigenvalue weighted by Crippen LogP contribution is 2.69. The Morgan fingerprint density at radius 1 is 1.10 bits per heavy atom. The van der Waals surface area contributed by atoms with Crippen LogP contribution in [0.5, 0.6) is 0 Å². The van der Waals surface area contributed by atoms with Crippen molar-refractivity contribution in [3.05, 3.63) is 0 Å². The number of cyclic esters (lactones) is 1. The third-order valence-corrected chi connectivity index (χ3v) is 8.26. The summed E-state index contributed by atoms with van der Waals surface area (Å²) in [6.45, 7) is 5.21. The highest BCUT2D eigenvalue weighted by Gasteiger charge is 2.82. The molecule has 0 aromatic heterocycles. The summed E-state index contributed by atoms with van der Waals surface area (Å²) in [5, 5.41) is 0. The third-order valence-electron chi connectivity index (χ3n) is 8.26. The van der Waals surface area contributed by atoms with Crippen LogP contribution in [0.3, 0.4) is 0 Å². The smallest absolute Gasteiger partial charge is 0.324 e. The molecule has 7 atom stereocenters. The molecule has 8 heteroatoms. The number of hydrogen-bond acceptors (Lipinski definition) is 8. The number of carbonyl (C=O) groups excluding carboxylic acids is 5. The number of Topliss-reactive ketones (excluding diaryl/α,β-unsaturated/α-hetero) is 2. The normalized spacial score (nSPS) is 46.9. The first-order valence-electron chi connectivity index (χ1n) is 10.2. The summed E-state index contributed by atoms with van der Waals surface area (Å²) in [6.07, 6.45) is 0.237. The minimum absolute atomic E-state index is 0.0449. The highest BCUT2D eigenvalue weighted by atomic mass is 16.6. The summed E-state index contributed by atoms with van der Waals surface area (Å²) >= 11 is 0. The summed E-state index contributed by atoms with van der Waals surface area (Å²) in [4.78, 5) is 64.0. The van der Waals surface area contributed by atoms with Crippen LogP contribution in [-0.4, -0.2) is 48.3 Å². The zero-order valence-corrected chi connectivity index (χ0v) is 16.7. The summed E-state index contributed by atoms with van der Waals surface area (Å²) < 4.78 is 16.8. The predicted molar refractivity (Wildman–Crippen MR) is 94.0 cm³/mol. The van der Waals surface area contributed by atoms with Crippen molar-refractivity contribution in [3.63, 3.8) is 0 Å². The van der Waals surface area contributed by atoms with Crippen LogP contribution in [0, 0.1) is 34.0 Å². The van der Waals surface area contributed by atoms with Gasteiger partial charge in [-0.15, -0.1) is 0 Å². The van der Waals surface area contributed by atoms with Gasteiger partial charge in [0.05, 0.1) is 17.3 Å². The Hall–Kier alpha value is -2.25. The first-order valence-corrected chi connectivity index (χ1v) is 10.2. The Bertz CT molecular complexity index is 874. The molecule has 2 aliphatic heterocycles. The van der Waals surface area contributed by atoms with E-state index in [4.69, 9.17) is 14.2 Å². The maximum absolute atomic E-state index is 13.3. The molecule has 0 unspecified atom stereocenters. The zero-order chi connectivity index (χ0) is 20.9. The Labute approximate surface area is 167 Å². The van der Waals surface area contributed by atoms with Gasteiger partial charge < -0.3 is 14.2 Å². The monoisotopic (exact) mass is 404 g/mol. The lowest BCUT2D eigenvalue weighted by atomic mass is 9.44. The molecule has 0 aromatic carbocycles. The maximum atomic E-state index is 13.3. The Kier molecular flexibility index (Phi) is 3.53. The molecule has 2 bridgehead atoms. The van der Waals surface area contributed by atoms with Gasteiger partial charge in [0.25, 0.3) is 0 Å². The van der Waals surface area contributed by atoms with Crippen LogP contribution in [0.25, 0.3) is 0 Å². The number of esters is 3. The average Bonchev–Trinajstić information content (AvgIpc) is 3.05. The molecule has 3 saturated carbocycles. The van der Waals surface area contributed by atoms with Gasteiger partial charge in [0.1, 0.15) is 18.8 Å². The fourth-order valence-corrected chi connectivity index (χ4v) is 7.31. The van der Waals surface area contributed by atoms with E-state index < -0.39 is 69.7 Å². The molecule has 5 rings (SSSR count). The fraction of sp³-hybridized carbons (Fsp3) is 0.762. The highest BCUT2D eigenvalue weighted by molar-refractivity contribution is 6.46. The quantitative estimate of drug-likeness (QED) is 0.275. The number of carbonyl (C=O) groups is 5. The minimum Gasteiger partial charge on any atom is -0.465 e. The number of fused-ring (bicyclic) bond motifs is 1. The van der Waals surface area contributed by atoms with Crippen LogP contribution >= 0.6 is 0 Å². The topological polar surface area (TPSA) is 113 Å². The maximum Gasteiger partial charge on any atom is 0.324 e. The second-order valence-corrected chi connectivity index (χ2v) is 9.90. The number of hydrogen-bond donors (Lipinski definition) is 0. The van der Waals surface area contributed by atoms with Gasteiger partial charge in [-0.2, -0.15) is 0 Å². The Balaban J connectivity index is 1.74. The van der Waals surface area contributed by atoms with E-state index in [1.165, 1.54) is 6.92 Å². The van der Waals surface area contributed by atoms with Crippen molar-refractivity contribution in [2.24, 2.45) is 34.0 Å². The molecule has 0 amide bonds. The molecule has 0 aromatic rings. The van der Waals surface area contributed by atoms with Gasteiger partial charge in [-0.1, -0.05) is 13.8 Å². The molecule has 5 fully saturated rings. The van der Waals surface area contributed by atoms with Gasteiger partial charge >= 0.3 is 17.9 Å². The van der Waals surface area contributed by atoms with E-state index in [9.17, 15) is 24.0 Å². The molecule has 156 valence electrons. The van der Waals surface area contributed by atoms with Crippen molar-refractivity contribution < 1.29 is 38.2 Å². The minimum atomic E-state index is -1.87. The van der Waals surface area contributed by atoms with E-state index in [2.05, 4.69) is 0 Å². The summed E-state index contributed by atoms with van der Waals surface area (Å²) in [5.74, 6) is -5.35. The largest absolute Gasteiger partial charge is 0.465 e. The molecule has 2 heterocycles. The summed E-state index contributed by atoms with van der Waals surface area (Å²) in [5.41, 5.74) is -3.17. The summed E-state index contributed by atoms with van der Waals surface area (Å²) in [7, 11) is 0. The van der Waals surface area contributed by atoms with Gasteiger partial charge in [0.15, 0.2) is 5.41 Å². The average molecular weight is 404 g/mol. The van der Waals surface area contributed by atoms with Crippen molar-refractivity contribution in [1.29, 1.82) is 0 Å². The molecule has 5 aliphatic rings. The van der Waals surface area contributed by atoms with E-state index in [0.717, 1.165) is 0 Å². The van der Waals surface area contributed by atoms with Crippen LogP contribution in [0.15, 0.2) is 0 Å². The lowest BCUT2D eigenvalue weighted by Crippen LogP contribution is -2.71. The standard InChI is InChI=1S/C21H24O8/c1-9(22)28-16-10-4-5-11-20-8-27-17(25)14(20)19(2,3)7-6-12(20)29-18(26)21(11,16)15(24)13(10)23/h10-12,14,16H,4-8H2,1-3H3/t10-,11-,12-,14+,16+,20+,21-/m0/s1. The predicted octanol–water partition coefficient (Wildman–Crippen LogP) is 0.987. The molecule has 29 heavy (non-hydrogen) atoms. The van der Waals surface area contributed by atoms with E-state index >= 15 is 0 Å². The van der Waals surface area contributed by atoms with Crippen molar-refractivity contribution in [3.8, 4) is 0 Å². The second kappa shape index (κ2) is 5.46. The lowest BCUT2D eigenvalue weighted by Gasteiger charge is -2.61. The Morgan fingerprint density at radius 3 is 2.52 bits per heavy atom. The molecule has 2 spiro atoms. The number of ether oxygens (including phenoxy) is 3. The van der Waals surface area contributed by atoms with Crippen molar-refractivity contribution in [2.75, 3.05) is 6.61 Å². The Morgan fingerprint density at radius 2 is 1.83 bits per heavy atom. The van der Waals surface area contributed by atoms with Crippen LogP contribution in [0.1, 0.15) is 46.5 Å². The van der Waals surface area contributed by atoms with Gasteiger partial charge in [0.2, 0.25) is 11.6 Å². The lowest BCUT2D eigenvalue weighted by molar-refractivity contribution is -0.247. The number of ketones is 2.